The number of piperidine rings is 1. The predicted molar refractivity (Wildman–Crippen MR) is 87.6 cm³/mol. The molecule has 0 spiro atoms. The van der Waals surface area contributed by atoms with E-state index in [0.717, 1.165) is 30.9 Å². The minimum atomic E-state index is 0.00109. The lowest BCUT2D eigenvalue weighted by atomic mass is 9.99. The number of benzene rings is 1. The number of carbonyl (C=O) groups excluding carboxylic acids is 1. The van der Waals surface area contributed by atoms with Crippen LogP contribution in [0.3, 0.4) is 0 Å². The Balaban J connectivity index is 1.98. The lowest BCUT2D eigenvalue weighted by Crippen LogP contribution is -2.46. The minimum Gasteiger partial charge on any atom is -0.322 e. The monoisotopic (exact) mass is 289 g/mol. The summed E-state index contributed by atoms with van der Waals surface area (Å²) < 4.78 is 0. The largest absolute Gasteiger partial charge is 0.322 e. The number of urea groups is 1. The van der Waals surface area contributed by atoms with Crippen LogP contribution in [0.4, 0.5) is 10.5 Å². The van der Waals surface area contributed by atoms with Crippen LogP contribution in [-0.4, -0.2) is 36.6 Å². The van der Waals surface area contributed by atoms with E-state index in [9.17, 15) is 4.79 Å². The van der Waals surface area contributed by atoms with Crippen LogP contribution in [0.5, 0.6) is 0 Å². The molecule has 1 atom stereocenters. The maximum atomic E-state index is 12.5. The smallest absolute Gasteiger partial charge is 0.322 e. The number of amides is 2. The first-order valence-corrected chi connectivity index (χ1v) is 7.91. The van der Waals surface area contributed by atoms with E-state index in [-0.39, 0.29) is 12.1 Å². The van der Waals surface area contributed by atoms with Gasteiger partial charge in [0.2, 0.25) is 0 Å². The fourth-order valence-corrected chi connectivity index (χ4v) is 2.80. The molecule has 1 fully saturated rings. The number of carbonyl (C=O) groups is 1. The highest BCUT2D eigenvalue weighted by Gasteiger charge is 2.22. The Morgan fingerprint density at radius 3 is 2.90 bits per heavy atom. The van der Waals surface area contributed by atoms with Gasteiger partial charge in [-0.2, -0.15) is 0 Å². The summed E-state index contributed by atoms with van der Waals surface area (Å²) in [6.45, 7) is 9.12. The third-order valence-corrected chi connectivity index (χ3v) is 4.01. The lowest BCUT2D eigenvalue weighted by molar-refractivity contribution is 0.176. The first-order chi connectivity index (χ1) is 10.1. The molecule has 2 amide bonds. The van der Waals surface area contributed by atoms with Gasteiger partial charge in [0.05, 0.1) is 0 Å². The van der Waals surface area contributed by atoms with E-state index in [1.165, 1.54) is 12.8 Å². The van der Waals surface area contributed by atoms with E-state index >= 15 is 0 Å². The predicted octanol–water partition coefficient (Wildman–Crippen LogP) is 3.24. The van der Waals surface area contributed by atoms with Crippen LogP contribution in [0, 0.1) is 12.8 Å². The summed E-state index contributed by atoms with van der Waals surface area (Å²) in [6, 6.07) is 8.14. The Hall–Kier alpha value is -1.55. The minimum absolute atomic E-state index is 0.00109. The molecule has 0 aliphatic carbocycles. The zero-order valence-electron chi connectivity index (χ0n) is 13.4. The van der Waals surface area contributed by atoms with Crippen LogP contribution in [0.15, 0.2) is 24.3 Å². The lowest BCUT2D eigenvalue weighted by Gasteiger charge is -2.33. The fraction of sp³-hybridized carbons (Fsp3) is 0.588. The zero-order chi connectivity index (χ0) is 15.2. The van der Waals surface area contributed by atoms with Gasteiger partial charge in [0.1, 0.15) is 0 Å². The van der Waals surface area contributed by atoms with E-state index in [0.29, 0.717) is 5.92 Å². The maximum Gasteiger partial charge on any atom is 0.322 e. The molecule has 4 heteroatoms. The molecule has 0 radical (unpaired) electrons. The molecule has 1 aromatic carbocycles. The van der Waals surface area contributed by atoms with Gasteiger partial charge in [0, 0.05) is 18.3 Å². The third kappa shape index (κ3) is 4.74. The second-order valence-corrected chi connectivity index (χ2v) is 6.26. The molecule has 1 heterocycles. The van der Waals surface area contributed by atoms with Crippen molar-refractivity contribution in [3.8, 4) is 0 Å². The Morgan fingerprint density at radius 2 is 2.29 bits per heavy atom. The van der Waals surface area contributed by atoms with Crippen molar-refractivity contribution in [1.29, 1.82) is 0 Å². The van der Waals surface area contributed by atoms with Crippen LogP contribution in [0.1, 0.15) is 32.3 Å². The number of aryl methyl sites for hydroxylation is 1. The summed E-state index contributed by atoms with van der Waals surface area (Å²) in [5.41, 5.74) is 2.02. The normalized spacial score (nSPS) is 18.6. The zero-order valence-corrected chi connectivity index (χ0v) is 13.4. The number of rotatable bonds is 4. The van der Waals surface area contributed by atoms with Gasteiger partial charge in [0.15, 0.2) is 0 Å². The Labute approximate surface area is 127 Å². The van der Waals surface area contributed by atoms with Crippen LogP contribution in [0.2, 0.25) is 0 Å². The quantitative estimate of drug-likeness (QED) is 0.893. The van der Waals surface area contributed by atoms with Crippen LogP contribution >= 0.6 is 0 Å². The van der Waals surface area contributed by atoms with Crippen molar-refractivity contribution in [2.45, 2.75) is 39.7 Å². The molecule has 1 unspecified atom stereocenters. The molecule has 2 N–H and O–H groups in total. The summed E-state index contributed by atoms with van der Waals surface area (Å²) >= 11 is 0. The van der Waals surface area contributed by atoms with Crippen molar-refractivity contribution >= 4 is 11.7 Å². The van der Waals surface area contributed by atoms with Gasteiger partial charge < -0.3 is 15.5 Å². The number of nitrogens with one attached hydrogen (secondary N) is 2. The summed E-state index contributed by atoms with van der Waals surface area (Å²) in [5, 5.41) is 6.44. The Bertz CT molecular complexity index is 467. The third-order valence-electron chi connectivity index (χ3n) is 4.01. The molecule has 1 aliphatic rings. The van der Waals surface area contributed by atoms with Crippen LogP contribution in [0.25, 0.3) is 0 Å². The second kappa shape index (κ2) is 7.46. The SMILES string of the molecule is Cc1cccc(NC(=O)N(CC2CCCNC2)C(C)C)c1. The molecule has 1 aromatic rings. The van der Waals surface area contributed by atoms with Crippen molar-refractivity contribution in [2.24, 2.45) is 5.92 Å². The van der Waals surface area contributed by atoms with Crippen LogP contribution < -0.4 is 10.6 Å². The molecule has 1 aliphatic heterocycles. The average molecular weight is 289 g/mol. The van der Waals surface area contributed by atoms with Crippen molar-refractivity contribution in [3.05, 3.63) is 29.8 Å². The first-order valence-electron chi connectivity index (χ1n) is 7.91. The van der Waals surface area contributed by atoms with Gasteiger partial charge in [0.25, 0.3) is 0 Å². The molecule has 0 aromatic heterocycles. The average Bonchev–Trinajstić information content (AvgIpc) is 2.45. The molecule has 1 saturated heterocycles. The number of hydrogen-bond acceptors (Lipinski definition) is 2. The summed E-state index contributed by atoms with van der Waals surface area (Å²) in [5.74, 6) is 0.560. The highest BCUT2D eigenvalue weighted by Crippen LogP contribution is 2.16. The topological polar surface area (TPSA) is 44.4 Å². The molecular formula is C17H27N3O. The Kier molecular flexibility index (Phi) is 5.62. The molecule has 0 bridgehead atoms. The van der Waals surface area contributed by atoms with Crippen LogP contribution in [-0.2, 0) is 0 Å². The van der Waals surface area contributed by atoms with Crippen molar-refractivity contribution in [2.75, 3.05) is 25.0 Å². The first kappa shape index (κ1) is 15.8. The van der Waals surface area contributed by atoms with Gasteiger partial charge in [-0.1, -0.05) is 12.1 Å². The van der Waals surface area contributed by atoms with Gasteiger partial charge >= 0.3 is 6.03 Å². The van der Waals surface area contributed by atoms with Crippen molar-refractivity contribution in [1.82, 2.24) is 10.2 Å². The fourth-order valence-electron chi connectivity index (χ4n) is 2.80. The summed E-state index contributed by atoms with van der Waals surface area (Å²) in [7, 11) is 0. The van der Waals surface area contributed by atoms with Gasteiger partial charge in [-0.25, -0.2) is 4.79 Å². The summed E-state index contributed by atoms with van der Waals surface area (Å²) in [4.78, 5) is 14.5. The van der Waals surface area contributed by atoms with E-state index in [1.54, 1.807) is 0 Å². The maximum absolute atomic E-state index is 12.5. The molecule has 0 saturated carbocycles. The summed E-state index contributed by atoms with van der Waals surface area (Å²) in [6.07, 6.45) is 2.41. The number of hydrogen-bond donors (Lipinski definition) is 2. The van der Waals surface area contributed by atoms with E-state index in [4.69, 9.17) is 0 Å². The van der Waals surface area contributed by atoms with Gasteiger partial charge in [-0.05, 0) is 70.3 Å². The number of nitrogens with zero attached hydrogens (tertiary/aromatic N) is 1. The molecule has 2 rings (SSSR count). The van der Waals surface area contributed by atoms with E-state index in [2.05, 4.69) is 24.5 Å². The second-order valence-electron chi connectivity index (χ2n) is 6.26. The number of anilines is 1. The van der Waals surface area contributed by atoms with Crippen molar-refractivity contribution < 1.29 is 4.79 Å². The van der Waals surface area contributed by atoms with E-state index in [1.807, 2.05) is 36.1 Å². The van der Waals surface area contributed by atoms with Crippen molar-refractivity contribution in [3.63, 3.8) is 0 Å². The Morgan fingerprint density at radius 1 is 1.48 bits per heavy atom. The highest BCUT2D eigenvalue weighted by atomic mass is 16.2. The molecule has 21 heavy (non-hydrogen) atoms. The van der Waals surface area contributed by atoms with E-state index < -0.39 is 0 Å². The standard InChI is InChI=1S/C17H27N3O/c1-13(2)20(12-15-7-5-9-18-11-15)17(21)19-16-8-4-6-14(3)10-16/h4,6,8,10,13,15,18H,5,7,9,11-12H2,1-3H3,(H,19,21). The molecule has 116 valence electrons. The van der Waals surface area contributed by atoms with Gasteiger partial charge in [-0.3, -0.25) is 0 Å². The molecular weight excluding hydrogens is 262 g/mol. The molecule has 4 nitrogen and oxygen atoms in total. The van der Waals surface area contributed by atoms with Gasteiger partial charge in [-0.15, -0.1) is 0 Å². The highest BCUT2D eigenvalue weighted by molar-refractivity contribution is 5.89.